The standard InChI is InChI=1S/C10H18N2O/c1-10(7-3-4-7,8-5-6-8)12-9(13)11-2/h7-8H,3-6H2,1-2H3,(H2,11,12,13). The summed E-state index contributed by atoms with van der Waals surface area (Å²) in [6.45, 7) is 2.21. The summed E-state index contributed by atoms with van der Waals surface area (Å²) >= 11 is 0. The van der Waals surface area contributed by atoms with Crippen LogP contribution >= 0.6 is 0 Å². The smallest absolute Gasteiger partial charge is 0.314 e. The predicted octanol–water partition coefficient (Wildman–Crippen LogP) is 1.49. The Kier molecular flexibility index (Phi) is 1.97. The highest BCUT2D eigenvalue weighted by atomic mass is 16.2. The van der Waals surface area contributed by atoms with Crippen LogP contribution in [0.5, 0.6) is 0 Å². The molecule has 3 heteroatoms. The molecule has 0 atom stereocenters. The summed E-state index contributed by atoms with van der Waals surface area (Å²) in [7, 11) is 1.68. The van der Waals surface area contributed by atoms with E-state index in [-0.39, 0.29) is 11.6 Å². The number of rotatable bonds is 3. The van der Waals surface area contributed by atoms with Crippen LogP contribution in [0.15, 0.2) is 0 Å². The predicted molar refractivity (Wildman–Crippen MR) is 51.4 cm³/mol. The molecule has 0 aromatic rings. The number of carbonyl (C=O) groups excluding carboxylic acids is 1. The van der Waals surface area contributed by atoms with Gasteiger partial charge in [-0.15, -0.1) is 0 Å². The first kappa shape index (κ1) is 8.85. The lowest BCUT2D eigenvalue weighted by Gasteiger charge is -2.31. The van der Waals surface area contributed by atoms with Gasteiger partial charge in [-0.25, -0.2) is 4.79 Å². The summed E-state index contributed by atoms with van der Waals surface area (Å²) in [6, 6.07) is -0.0266. The SMILES string of the molecule is CNC(=O)NC(C)(C1CC1)C1CC1. The number of carbonyl (C=O) groups is 1. The van der Waals surface area contributed by atoms with E-state index < -0.39 is 0 Å². The Morgan fingerprint density at radius 2 is 1.69 bits per heavy atom. The molecule has 2 aliphatic rings. The van der Waals surface area contributed by atoms with Gasteiger partial charge in [0.15, 0.2) is 0 Å². The first-order valence-corrected chi connectivity index (χ1v) is 5.16. The number of urea groups is 1. The van der Waals surface area contributed by atoms with Crippen LogP contribution in [-0.4, -0.2) is 18.6 Å². The van der Waals surface area contributed by atoms with Crippen LogP contribution in [0, 0.1) is 11.8 Å². The fourth-order valence-electron chi connectivity index (χ4n) is 2.21. The van der Waals surface area contributed by atoms with Gasteiger partial charge in [-0.2, -0.15) is 0 Å². The maximum atomic E-state index is 11.3. The lowest BCUT2D eigenvalue weighted by molar-refractivity contribution is 0.215. The molecule has 0 spiro atoms. The van der Waals surface area contributed by atoms with Crippen molar-refractivity contribution in [2.24, 2.45) is 11.8 Å². The molecular formula is C10H18N2O. The van der Waals surface area contributed by atoms with Gasteiger partial charge in [0.2, 0.25) is 0 Å². The molecule has 0 bridgehead atoms. The average molecular weight is 182 g/mol. The van der Waals surface area contributed by atoms with Crippen LogP contribution in [0.2, 0.25) is 0 Å². The molecule has 2 aliphatic carbocycles. The van der Waals surface area contributed by atoms with E-state index >= 15 is 0 Å². The highest BCUT2D eigenvalue weighted by molar-refractivity contribution is 5.74. The third-order valence-electron chi connectivity index (χ3n) is 3.46. The van der Waals surface area contributed by atoms with Gasteiger partial charge in [0.25, 0.3) is 0 Å². The quantitative estimate of drug-likeness (QED) is 0.682. The van der Waals surface area contributed by atoms with Crippen molar-refractivity contribution in [3.05, 3.63) is 0 Å². The first-order valence-electron chi connectivity index (χ1n) is 5.16. The van der Waals surface area contributed by atoms with Crippen molar-refractivity contribution in [2.45, 2.75) is 38.1 Å². The molecule has 2 fully saturated rings. The van der Waals surface area contributed by atoms with Gasteiger partial charge < -0.3 is 10.6 Å². The Hall–Kier alpha value is -0.730. The van der Waals surface area contributed by atoms with Gasteiger partial charge in [0.1, 0.15) is 0 Å². The molecule has 0 unspecified atom stereocenters. The van der Waals surface area contributed by atoms with Crippen LogP contribution < -0.4 is 10.6 Å². The van der Waals surface area contributed by atoms with Gasteiger partial charge in [-0.1, -0.05) is 0 Å². The molecule has 0 aromatic heterocycles. The summed E-state index contributed by atoms with van der Waals surface area (Å²) in [5.74, 6) is 1.47. The van der Waals surface area contributed by atoms with Crippen LogP contribution in [0.25, 0.3) is 0 Å². The van der Waals surface area contributed by atoms with Crippen LogP contribution in [-0.2, 0) is 0 Å². The van der Waals surface area contributed by atoms with Crippen molar-refractivity contribution in [3.8, 4) is 0 Å². The second-order valence-electron chi connectivity index (χ2n) is 4.54. The minimum atomic E-state index is -0.0266. The molecule has 2 rings (SSSR count). The summed E-state index contributed by atoms with van der Waals surface area (Å²) in [4.78, 5) is 11.3. The van der Waals surface area contributed by atoms with Crippen molar-refractivity contribution in [1.29, 1.82) is 0 Å². The Morgan fingerprint density at radius 3 is 2.00 bits per heavy atom. The lowest BCUT2D eigenvalue weighted by Crippen LogP contribution is -2.52. The summed E-state index contributed by atoms with van der Waals surface area (Å²) in [5, 5.41) is 5.75. The van der Waals surface area contributed by atoms with Crippen LogP contribution in [0.1, 0.15) is 32.6 Å². The first-order chi connectivity index (χ1) is 6.16. The van der Waals surface area contributed by atoms with E-state index in [1.807, 2.05) is 0 Å². The summed E-state index contributed by atoms with van der Waals surface area (Å²) < 4.78 is 0. The zero-order valence-electron chi connectivity index (χ0n) is 8.39. The molecule has 74 valence electrons. The fraction of sp³-hybridized carbons (Fsp3) is 0.900. The molecule has 0 heterocycles. The molecule has 2 amide bonds. The largest absolute Gasteiger partial charge is 0.341 e. The van der Waals surface area contributed by atoms with E-state index in [9.17, 15) is 4.79 Å². The van der Waals surface area contributed by atoms with Crippen molar-refractivity contribution in [3.63, 3.8) is 0 Å². The van der Waals surface area contributed by atoms with Gasteiger partial charge in [0.05, 0.1) is 0 Å². The maximum Gasteiger partial charge on any atom is 0.314 e. The highest BCUT2D eigenvalue weighted by Gasteiger charge is 2.51. The Bertz CT molecular complexity index is 207. The summed E-state index contributed by atoms with van der Waals surface area (Å²) in [5.41, 5.74) is 0.0834. The molecular weight excluding hydrogens is 164 g/mol. The normalized spacial score (nSPS) is 22.6. The van der Waals surface area contributed by atoms with E-state index in [0.717, 1.165) is 11.8 Å². The van der Waals surface area contributed by atoms with Crippen molar-refractivity contribution in [1.82, 2.24) is 10.6 Å². The molecule has 0 aliphatic heterocycles. The molecule has 3 nitrogen and oxygen atoms in total. The van der Waals surface area contributed by atoms with Crippen molar-refractivity contribution < 1.29 is 4.79 Å². The van der Waals surface area contributed by atoms with E-state index in [2.05, 4.69) is 17.6 Å². The van der Waals surface area contributed by atoms with Crippen molar-refractivity contribution in [2.75, 3.05) is 7.05 Å². The Morgan fingerprint density at radius 1 is 1.23 bits per heavy atom. The zero-order valence-corrected chi connectivity index (χ0v) is 8.39. The monoisotopic (exact) mass is 182 g/mol. The minimum absolute atomic E-state index is 0.0266. The molecule has 0 saturated heterocycles. The average Bonchev–Trinajstić information content (AvgIpc) is 2.89. The third-order valence-corrected chi connectivity index (χ3v) is 3.46. The van der Waals surface area contributed by atoms with Crippen molar-refractivity contribution >= 4 is 6.03 Å². The second kappa shape index (κ2) is 2.89. The Labute approximate surface area is 79.3 Å². The summed E-state index contributed by atoms with van der Waals surface area (Å²) in [6.07, 6.45) is 5.15. The maximum absolute atomic E-state index is 11.3. The van der Waals surface area contributed by atoms with Crippen LogP contribution in [0.3, 0.4) is 0 Å². The van der Waals surface area contributed by atoms with E-state index in [1.165, 1.54) is 25.7 Å². The van der Waals surface area contributed by atoms with Gasteiger partial charge in [-0.05, 0) is 44.4 Å². The number of hydrogen-bond acceptors (Lipinski definition) is 1. The molecule has 0 aromatic carbocycles. The van der Waals surface area contributed by atoms with E-state index in [1.54, 1.807) is 7.05 Å². The van der Waals surface area contributed by atoms with Crippen LogP contribution in [0.4, 0.5) is 4.79 Å². The topological polar surface area (TPSA) is 41.1 Å². The second-order valence-corrected chi connectivity index (χ2v) is 4.54. The Balaban J connectivity index is 1.99. The number of nitrogens with one attached hydrogen (secondary N) is 2. The third kappa shape index (κ3) is 1.64. The molecule has 2 N–H and O–H groups in total. The molecule has 2 saturated carbocycles. The molecule has 0 radical (unpaired) electrons. The number of hydrogen-bond donors (Lipinski definition) is 2. The minimum Gasteiger partial charge on any atom is -0.341 e. The van der Waals surface area contributed by atoms with Gasteiger partial charge in [-0.3, -0.25) is 0 Å². The lowest BCUT2D eigenvalue weighted by atomic mass is 9.90. The highest BCUT2D eigenvalue weighted by Crippen LogP contribution is 2.51. The van der Waals surface area contributed by atoms with E-state index in [4.69, 9.17) is 0 Å². The zero-order chi connectivity index (χ0) is 9.47. The van der Waals surface area contributed by atoms with E-state index in [0.29, 0.717) is 0 Å². The fourth-order valence-corrected chi connectivity index (χ4v) is 2.21. The van der Waals surface area contributed by atoms with Gasteiger partial charge in [0, 0.05) is 12.6 Å². The molecule has 13 heavy (non-hydrogen) atoms. The number of amides is 2. The van der Waals surface area contributed by atoms with Gasteiger partial charge >= 0.3 is 6.03 Å².